The van der Waals surface area contributed by atoms with Crippen LogP contribution in [0.1, 0.15) is 63.0 Å². The SMILES string of the molecule is CCCCCN(C)Cc1cc(C(=O)O)ccc1N1C(=O)c2nc3c(NC)cc(F)cc3c(O)c2C1=O. The van der Waals surface area contributed by atoms with Crippen molar-refractivity contribution in [1.82, 2.24) is 9.88 Å². The van der Waals surface area contributed by atoms with Crippen molar-refractivity contribution in [2.45, 2.75) is 32.7 Å². The van der Waals surface area contributed by atoms with Gasteiger partial charge in [-0.05, 0) is 55.9 Å². The second-order valence-corrected chi connectivity index (χ2v) is 8.82. The molecular formula is C26H27FN4O5. The van der Waals surface area contributed by atoms with Crippen LogP contribution in [0.2, 0.25) is 0 Å². The normalized spacial score (nSPS) is 13.1. The summed E-state index contributed by atoms with van der Waals surface area (Å²) in [5.41, 5.74) is 0.529. The quantitative estimate of drug-likeness (QED) is 0.298. The number of carbonyl (C=O) groups excluding carboxylic acids is 2. The van der Waals surface area contributed by atoms with Crippen molar-refractivity contribution in [2.24, 2.45) is 0 Å². The number of aromatic carboxylic acids is 1. The Labute approximate surface area is 207 Å². The number of amides is 2. The maximum atomic E-state index is 14.1. The van der Waals surface area contributed by atoms with Gasteiger partial charge in [0.05, 0.1) is 22.5 Å². The van der Waals surface area contributed by atoms with Crippen molar-refractivity contribution in [3.8, 4) is 5.75 Å². The number of nitrogens with zero attached hydrogens (tertiary/aromatic N) is 3. The van der Waals surface area contributed by atoms with Gasteiger partial charge in [-0.15, -0.1) is 0 Å². The number of halogens is 1. The molecule has 0 saturated heterocycles. The van der Waals surface area contributed by atoms with Gasteiger partial charge < -0.3 is 20.4 Å². The number of pyridine rings is 1. The summed E-state index contributed by atoms with van der Waals surface area (Å²) in [7, 11) is 3.43. The molecule has 36 heavy (non-hydrogen) atoms. The number of carbonyl (C=O) groups is 3. The Morgan fingerprint density at radius 1 is 1.17 bits per heavy atom. The topological polar surface area (TPSA) is 123 Å². The number of carboxylic acids is 1. The summed E-state index contributed by atoms with van der Waals surface area (Å²) in [4.78, 5) is 45.7. The molecule has 0 unspecified atom stereocenters. The molecule has 3 aromatic rings. The van der Waals surface area contributed by atoms with Gasteiger partial charge in [-0.25, -0.2) is 19.1 Å². The largest absolute Gasteiger partial charge is 0.506 e. The van der Waals surface area contributed by atoms with Crippen LogP contribution in [0.4, 0.5) is 15.8 Å². The highest BCUT2D eigenvalue weighted by molar-refractivity contribution is 6.36. The van der Waals surface area contributed by atoms with Gasteiger partial charge in [0.25, 0.3) is 11.8 Å². The lowest BCUT2D eigenvalue weighted by Gasteiger charge is -2.22. The number of carboxylic acid groups (broad SMARTS) is 1. The molecule has 188 valence electrons. The molecule has 2 amide bonds. The Morgan fingerprint density at radius 3 is 2.58 bits per heavy atom. The first-order valence-electron chi connectivity index (χ1n) is 11.6. The van der Waals surface area contributed by atoms with Crippen LogP contribution in [-0.2, 0) is 6.54 Å². The van der Waals surface area contributed by atoms with E-state index in [0.29, 0.717) is 12.1 Å². The molecule has 0 fully saturated rings. The van der Waals surface area contributed by atoms with E-state index in [4.69, 9.17) is 0 Å². The van der Waals surface area contributed by atoms with E-state index in [1.165, 1.54) is 24.3 Å². The molecule has 10 heteroatoms. The summed E-state index contributed by atoms with van der Waals surface area (Å²) in [5, 5.41) is 23.2. The van der Waals surface area contributed by atoms with Gasteiger partial charge in [0.1, 0.15) is 22.8 Å². The molecule has 0 radical (unpaired) electrons. The fourth-order valence-corrected chi connectivity index (χ4v) is 4.46. The fraction of sp³-hybridized carbons (Fsp3) is 0.308. The van der Waals surface area contributed by atoms with E-state index in [2.05, 4.69) is 17.2 Å². The van der Waals surface area contributed by atoms with Crippen LogP contribution in [0.5, 0.6) is 5.75 Å². The van der Waals surface area contributed by atoms with Crippen molar-refractivity contribution in [1.29, 1.82) is 0 Å². The lowest BCUT2D eigenvalue weighted by Crippen LogP contribution is -2.31. The van der Waals surface area contributed by atoms with E-state index in [-0.39, 0.29) is 39.1 Å². The lowest BCUT2D eigenvalue weighted by molar-refractivity contribution is 0.0696. The van der Waals surface area contributed by atoms with Crippen molar-refractivity contribution in [3.63, 3.8) is 0 Å². The molecule has 0 saturated carbocycles. The maximum absolute atomic E-state index is 14.1. The van der Waals surface area contributed by atoms with E-state index >= 15 is 0 Å². The molecule has 0 spiro atoms. The number of unbranched alkanes of at least 4 members (excludes halogenated alkanes) is 2. The minimum absolute atomic E-state index is 0.00166. The Kier molecular flexibility index (Phi) is 6.89. The average Bonchev–Trinajstić information content (AvgIpc) is 3.09. The minimum Gasteiger partial charge on any atom is -0.506 e. The zero-order valence-corrected chi connectivity index (χ0v) is 20.3. The number of benzene rings is 2. The van der Waals surface area contributed by atoms with Crippen molar-refractivity contribution < 1.29 is 29.0 Å². The standard InChI is InChI=1S/C26H27FN4O5/c1-4-5-6-9-30(3)13-15-10-14(26(35)36)7-8-19(15)31-24(33)20-22(25(31)34)29-21-17(23(20)32)11-16(27)12-18(21)28-2/h7-8,10-12,28H,4-6,9,13H2,1-3H3,(H,29,32)(H,35,36). The van der Waals surface area contributed by atoms with Crippen LogP contribution in [0.15, 0.2) is 30.3 Å². The molecule has 0 atom stereocenters. The van der Waals surface area contributed by atoms with E-state index < -0.39 is 29.4 Å². The molecular weight excluding hydrogens is 467 g/mol. The second-order valence-electron chi connectivity index (χ2n) is 8.82. The third kappa shape index (κ3) is 4.35. The molecule has 9 nitrogen and oxygen atoms in total. The highest BCUT2D eigenvalue weighted by Crippen LogP contribution is 2.40. The number of imide groups is 1. The molecule has 1 aromatic heterocycles. The Balaban J connectivity index is 1.81. The van der Waals surface area contributed by atoms with Gasteiger partial charge in [0, 0.05) is 19.0 Å². The summed E-state index contributed by atoms with van der Waals surface area (Å²) >= 11 is 0. The van der Waals surface area contributed by atoms with Crippen molar-refractivity contribution in [2.75, 3.05) is 30.9 Å². The molecule has 1 aliphatic rings. The third-order valence-corrected chi connectivity index (χ3v) is 6.27. The van der Waals surface area contributed by atoms with E-state index in [0.717, 1.165) is 36.8 Å². The number of anilines is 2. The number of fused-ring (bicyclic) bond motifs is 2. The van der Waals surface area contributed by atoms with Gasteiger partial charge in [0.2, 0.25) is 0 Å². The number of hydrogen-bond donors (Lipinski definition) is 3. The Hall–Kier alpha value is -4.05. The summed E-state index contributed by atoms with van der Waals surface area (Å²) in [6.07, 6.45) is 3.04. The summed E-state index contributed by atoms with van der Waals surface area (Å²) < 4.78 is 14.1. The van der Waals surface area contributed by atoms with Gasteiger partial charge in [0.15, 0.2) is 0 Å². The molecule has 2 aromatic carbocycles. The first kappa shape index (κ1) is 25.1. The van der Waals surface area contributed by atoms with E-state index in [9.17, 15) is 29.0 Å². The fourth-order valence-electron chi connectivity index (χ4n) is 4.46. The number of aromatic nitrogens is 1. The molecule has 2 heterocycles. The first-order chi connectivity index (χ1) is 17.2. The molecule has 3 N–H and O–H groups in total. The molecule has 0 aliphatic carbocycles. The monoisotopic (exact) mass is 494 g/mol. The van der Waals surface area contributed by atoms with Crippen LogP contribution in [0.25, 0.3) is 10.9 Å². The van der Waals surface area contributed by atoms with Gasteiger partial charge >= 0.3 is 5.97 Å². The van der Waals surface area contributed by atoms with Gasteiger partial charge in [-0.2, -0.15) is 0 Å². The molecule has 1 aliphatic heterocycles. The van der Waals surface area contributed by atoms with Crippen molar-refractivity contribution in [3.05, 3.63) is 58.5 Å². The van der Waals surface area contributed by atoms with Gasteiger partial charge in [-0.3, -0.25) is 9.59 Å². The van der Waals surface area contributed by atoms with Crippen LogP contribution in [0, 0.1) is 5.82 Å². The van der Waals surface area contributed by atoms with Crippen molar-refractivity contribution >= 4 is 40.1 Å². The number of hydrogen-bond acceptors (Lipinski definition) is 7. The smallest absolute Gasteiger partial charge is 0.335 e. The lowest BCUT2D eigenvalue weighted by atomic mass is 10.1. The Bertz CT molecular complexity index is 1390. The Morgan fingerprint density at radius 2 is 1.92 bits per heavy atom. The van der Waals surface area contributed by atoms with E-state index in [1.807, 2.05) is 11.9 Å². The zero-order valence-electron chi connectivity index (χ0n) is 20.3. The second kappa shape index (κ2) is 9.90. The minimum atomic E-state index is -1.13. The van der Waals surface area contributed by atoms with Crippen LogP contribution < -0.4 is 10.2 Å². The molecule has 4 rings (SSSR count). The predicted octanol–water partition coefficient (Wildman–Crippen LogP) is 4.24. The summed E-state index contributed by atoms with van der Waals surface area (Å²) in [6, 6.07) is 6.40. The summed E-state index contributed by atoms with van der Waals surface area (Å²) in [6.45, 7) is 3.14. The maximum Gasteiger partial charge on any atom is 0.335 e. The van der Waals surface area contributed by atoms with Crippen LogP contribution in [-0.4, -0.2) is 58.5 Å². The highest BCUT2D eigenvalue weighted by Gasteiger charge is 2.42. The number of aromatic hydroxyl groups is 1. The number of nitrogens with one attached hydrogen (secondary N) is 1. The number of rotatable bonds is 9. The predicted molar refractivity (Wildman–Crippen MR) is 133 cm³/mol. The highest BCUT2D eigenvalue weighted by atomic mass is 19.1. The van der Waals surface area contributed by atoms with E-state index in [1.54, 1.807) is 7.05 Å². The van der Waals surface area contributed by atoms with Gasteiger partial charge in [-0.1, -0.05) is 19.8 Å². The van der Waals surface area contributed by atoms with Crippen LogP contribution >= 0.6 is 0 Å². The zero-order chi connectivity index (χ0) is 26.1. The third-order valence-electron chi connectivity index (χ3n) is 6.27. The summed E-state index contributed by atoms with van der Waals surface area (Å²) in [5.74, 6) is -3.87. The average molecular weight is 495 g/mol. The van der Waals surface area contributed by atoms with Crippen LogP contribution in [0.3, 0.4) is 0 Å². The first-order valence-corrected chi connectivity index (χ1v) is 11.6. The molecule has 0 bridgehead atoms.